The molecule has 7 heteroatoms. The van der Waals surface area contributed by atoms with E-state index in [1.807, 2.05) is 19.2 Å². The normalized spacial score (nSPS) is 11.9. The van der Waals surface area contributed by atoms with Crippen LogP contribution < -0.4 is 10.6 Å². The van der Waals surface area contributed by atoms with Crippen LogP contribution in [0, 0.1) is 12.7 Å². The molecule has 0 radical (unpaired) electrons. The number of carbonyl (C=O) groups excluding carboxylic acids is 1. The molecular weight excluding hydrogens is 279 g/mol. The van der Waals surface area contributed by atoms with Crippen molar-refractivity contribution in [2.24, 2.45) is 0 Å². The molecule has 0 fully saturated rings. The summed E-state index contributed by atoms with van der Waals surface area (Å²) in [6, 6.07) is 2.12. The molecule has 2 N–H and O–H groups in total. The van der Waals surface area contributed by atoms with Crippen LogP contribution in [0.25, 0.3) is 0 Å². The van der Waals surface area contributed by atoms with E-state index >= 15 is 0 Å². The minimum absolute atomic E-state index is 0.144. The summed E-state index contributed by atoms with van der Waals surface area (Å²) in [4.78, 5) is 20.0. The van der Waals surface area contributed by atoms with Crippen LogP contribution in [0.3, 0.4) is 0 Å². The highest BCUT2D eigenvalue weighted by Crippen LogP contribution is 2.20. The molecule has 2 aromatic heterocycles. The fourth-order valence-electron chi connectivity index (χ4n) is 1.63. The number of halogens is 1. The first kappa shape index (κ1) is 14.4. The molecule has 5 nitrogen and oxygen atoms in total. The molecule has 106 valence electrons. The third kappa shape index (κ3) is 3.74. The van der Waals surface area contributed by atoms with Crippen molar-refractivity contribution in [2.45, 2.75) is 26.3 Å². The molecule has 0 bridgehead atoms. The molecule has 0 saturated heterocycles. The number of pyridine rings is 1. The molecular formula is C13H15FN4OS. The van der Waals surface area contributed by atoms with E-state index in [1.54, 1.807) is 0 Å². The van der Waals surface area contributed by atoms with Crippen LogP contribution in [0.2, 0.25) is 0 Å². The van der Waals surface area contributed by atoms with Gasteiger partial charge in [-0.25, -0.2) is 19.2 Å². The number of aromatic nitrogens is 2. The number of rotatable bonds is 4. The molecule has 1 atom stereocenters. The van der Waals surface area contributed by atoms with E-state index in [9.17, 15) is 9.18 Å². The minimum atomic E-state index is -0.444. The van der Waals surface area contributed by atoms with Crippen LogP contribution in [-0.4, -0.2) is 16.0 Å². The van der Waals surface area contributed by atoms with Gasteiger partial charge in [0.2, 0.25) is 0 Å². The molecule has 0 unspecified atom stereocenters. The summed E-state index contributed by atoms with van der Waals surface area (Å²) in [5, 5.41) is 8.19. The topological polar surface area (TPSA) is 66.9 Å². The number of amides is 2. The Morgan fingerprint density at radius 1 is 1.50 bits per heavy atom. The second-order valence-corrected chi connectivity index (χ2v) is 5.14. The van der Waals surface area contributed by atoms with E-state index in [1.165, 1.54) is 23.5 Å². The molecule has 2 rings (SSSR count). The lowest BCUT2D eigenvalue weighted by atomic mass is 10.2. The monoisotopic (exact) mass is 294 g/mol. The minimum Gasteiger partial charge on any atom is -0.329 e. The van der Waals surface area contributed by atoms with Gasteiger partial charge in [-0.15, -0.1) is 11.3 Å². The Morgan fingerprint density at radius 3 is 2.85 bits per heavy atom. The van der Waals surface area contributed by atoms with Gasteiger partial charge in [-0.1, -0.05) is 6.92 Å². The van der Waals surface area contributed by atoms with E-state index in [2.05, 4.69) is 20.6 Å². The summed E-state index contributed by atoms with van der Waals surface area (Å²) in [5.41, 5.74) is 0.936. The predicted molar refractivity (Wildman–Crippen MR) is 76.2 cm³/mol. The quantitative estimate of drug-likeness (QED) is 0.909. The van der Waals surface area contributed by atoms with Crippen molar-refractivity contribution in [3.63, 3.8) is 0 Å². The zero-order chi connectivity index (χ0) is 14.5. The predicted octanol–water partition coefficient (Wildman–Crippen LogP) is 3.26. The maximum absolute atomic E-state index is 12.7. The zero-order valence-electron chi connectivity index (χ0n) is 11.2. The average molecular weight is 294 g/mol. The second kappa shape index (κ2) is 6.42. The maximum atomic E-state index is 12.7. The zero-order valence-corrected chi connectivity index (χ0v) is 12.0. The lowest BCUT2D eigenvalue weighted by Gasteiger charge is -2.14. The molecule has 0 aromatic carbocycles. The highest BCUT2D eigenvalue weighted by Gasteiger charge is 2.16. The number of aryl methyl sites for hydroxylation is 1. The summed E-state index contributed by atoms with van der Waals surface area (Å²) >= 11 is 1.51. The fraction of sp³-hybridized carbons (Fsp3) is 0.308. The van der Waals surface area contributed by atoms with Gasteiger partial charge in [0.1, 0.15) is 16.6 Å². The number of carbonyl (C=O) groups is 1. The largest absolute Gasteiger partial charge is 0.329 e. The molecule has 2 amide bonds. The van der Waals surface area contributed by atoms with Gasteiger partial charge in [-0.2, -0.15) is 0 Å². The fourth-order valence-corrected chi connectivity index (χ4v) is 2.56. The van der Waals surface area contributed by atoms with Crippen molar-refractivity contribution in [3.05, 3.63) is 40.2 Å². The van der Waals surface area contributed by atoms with E-state index in [0.29, 0.717) is 5.82 Å². The molecule has 0 aliphatic heterocycles. The van der Waals surface area contributed by atoms with Crippen molar-refractivity contribution in [1.29, 1.82) is 0 Å². The van der Waals surface area contributed by atoms with E-state index < -0.39 is 5.82 Å². The van der Waals surface area contributed by atoms with Crippen molar-refractivity contribution < 1.29 is 9.18 Å². The summed E-state index contributed by atoms with van der Waals surface area (Å²) in [7, 11) is 0. The summed E-state index contributed by atoms with van der Waals surface area (Å²) < 4.78 is 12.7. The Morgan fingerprint density at radius 2 is 2.30 bits per heavy atom. The Labute approximate surface area is 120 Å². The Hall–Kier alpha value is -2.02. The highest BCUT2D eigenvalue weighted by atomic mass is 32.1. The Kier molecular flexibility index (Phi) is 4.62. The molecule has 2 heterocycles. The number of nitrogens with one attached hydrogen (secondary N) is 2. The van der Waals surface area contributed by atoms with Crippen LogP contribution in [0.15, 0.2) is 23.7 Å². The number of anilines is 1. The van der Waals surface area contributed by atoms with Crippen molar-refractivity contribution in [2.75, 3.05) is 5.32 Å². The smallest absolute Gasteiger partial charge is 0.320 e. The van der Waals surface area contributed by atoms with Gasteiger partial charge in [0.25, 0.3) is 0 Å². The van der Waals surface area contributed by atoms with E-state index in [4.69, 9.17) is 0 Å². The Bertz CT molecular complexity index is 584. The third-order valence-electron chi connectivity index (χ3n) is 2.62. The summed E-state index contributed by atoms with van der Waals surface area (Å²) in [6.45, 7) is 3.88. The number of urea groups is 1. The van der Waals surface area contributed by atoms with Gasteiger partial charge < -0.3 is 5.32 Å². The molecule has 0 aliphatic rings. The molecule has 2 aromatic rings. The van der Waals surface area contributed by atoms with Gasteiger partial charge in [0.05, 0.1) is 12.2 Å². The molecule has 0 saturated carbocycles. The number of hydrogen-bond acceptors (Lipinski definition) is 4. The first-order chi connectivity index (χ1) is 9.58. The van der Waals surface area contributed by atoms with Gasteiger partial charge in [0.15, 0.2) is 0 Å². The lowest BCUT2D eigenvalue weighted by Crippen LogP contribution is -2.32. The van der Waals surface area contributed by atoms with Crippen LogP contribution in [0.5, 0.6) is 0 Å². The van der Waals surface area contributed by atoms with Crippen LogP contribution in [0.1, 0.15) is 30.1 Å². The van der Waals surface area contributed by atoms with Crippen molar-refractivity contribution >= 4 is 23.2 Å². The van der Waals surface area contributed by atoms with Crippen LogP contribution in [-0.2, 0) is 0 Å². The van der Waals surface area contributed by atoms with E-state index in [-0.39, 0.29) is 12.1 Å². The van der Waals surface area contributed by atoms with Gasteiger partial charge in [-0.05, 0) is 25.5 Å². The van der Waals surface area contributed by atoms with Gasteiger partial charge in [0, 0.05) is 11.1 Å². The number of nitrogens with zero attached hydrogens (tertiary/aromatic N) is 2. The SMILES string of the molecule is CC[C@@H](NC(=O)Nc1ccc(F)cn1)c1nc(C)cs1. The van der Waals surface area contributed by atoms with E-state index in [0.717, 1.165) is 23.3 Å². The highest BCUT2D eigenvalue weighted by molar-refractivity contribution is 7.09. The van der Waals surface area contributed by atoms with Gasteiger partial charge >= 0.3 is 6.03 Å². The maximum Gasteiger partial charge on any atom is 0.320 e. The van der Waals surface area contributed by atoms with Gasteiger partial charge in [-0.3, -0.25) is 5.32 Å². The number of thiazole rings is 1. The summed E-state index contributed by atoms with van der Waals surface area (Å²) in [6.07, 6.45) is 1.79. The standard InChI is InChI=1S/C13H15FN4OS/c1-3-10(12-16-8(2)7-20-12)17-13(19)18-11-5-4-9(14)6-15-11/h4-7,10H,3H2,1-2H3,(H2,15,17,18,19)/t10-/m1/s1. The molecule has 0 spiro atoms. The third-order valence-corrected chi connectivity index (χ3v) is 3.69. The van der Waals surface area contributed by atoms with Crippen molar-refractivity contribution in [3.8, 4) is 0 Å². The lowest BCUT2D eigenvalue weighted by molar-refractivity contribution is 0.248. The Balaban J connectivity index is 1.97. The molecule has 20 heavy (non-hydrogen) atoms. The van der Waals surface area contributed by atoms with Crippen molar-refractivity contribution in [1.82, 2.24) is 15.3 Å². The van der Waals surface area contributed by atoms with Crippen LogP contribution >= 0.6 is 11.3 Å². The number of hydrogen-bond donors (Lipinski definition) is 2. The average Bonchev–Trinajstić information content (AvgIpc) is 2.85. The molecule has 0 aliphatic carbocycles. The second-order valence-electron chi connectivity index (χ2n) is 4.25. The first-order valence-electron chi connectivity index (χ1n) is 6.19. The van der Waals surface area contributed by atoms with Crippen LogP contribution in [0.4, 0.5) is 15.0 Å². The first-order valence-corrected chi connectivity index (χ1v) is 7.07. The summed E-state index contributed by atoms with van der Waals surface area (Å²) in [5.74, 6) is -0.144.